The van der Waals surface area contributed by atoms with Crippen molar-refractivity contribution in [3.8, 4) is 44.5 Å². The van der Waals surface area contributed by atoms with Crippen LogP contribution in [0.3, 0.4) is 0 Å². The van der Waals surface area contributed by atoms with E-state index >= 15 is 0 Å². The van der Waals surface area contributed by atoms with Gasteiger partial charge in [0.15, 0.2) is 0 Å². The fraction of sp³-hybridized carbons (Fsp3) is 0.243. The number of fused-ring (bicyclic) bond motifs is 4. The van der Waals surface area contributed by atoms with Crippen LogP contribution < -0.4 is 0 Å². The van der Waals surface area contributed by atoms with Crippen molar-refractivity contribution in [2.45, 2.75) is 98.0 Å². The van der Waals surface area contributed by atoms with Crippen LogP contribution in [0.4, 0.5) is 0 Å². The molecule has 5 aliphatic rings. The Morgan fingerprint density at radius 3 is 0.713 bits per heavy atom. The van der Waals surface area contributed by atoms with Gasteiger partial charge in [-0.05, 0) is 0 Å². The summed E-state index contributed by atoms with van der Waals surface area (Å²) >= 11 is -9.66. The zero-order valence-electron chi connectivity index (χ0n) is 49.5. The molecule has 1 saturated heterocycles. The first-order valence-corrected chi connectivity index (χ1v) is 73.8. The predicted molar refractivity (Wildman–Crippen MR) is 359 cm³/mol. The van der Waals surface area contributed by atoms with Gasteiger partial charge in [-0.2, -0.15) is 0 Å². The van der Waals surface area contributed by atoms with Gasteiger partial charge in [0.25, 0.3) is 0 Å². The quantitative estimate of drug-likeness (QED) is 0.107. The van der Waals surface area contributed by atoms with E-state index in [0.29, 0.717) is 14.5 Å². The Hall–Kier alpha value is -4.65. The van der Waals surface area contributed by atoms with Crippen LogP contribution in [0.2, 0.25) is 55.8 Å². The zero-order chi connectivity index (χ0) is 55.5. The van der Waals surface area contributed by atoms with Crippen LogP contribution in [0, 0.1) is 0 Å². The van der Waals surface area contributed by atoms with Gasteiger partial charge in [-0.3, -0.25) is 0 Å². The van der Waals surface area contributed by atoms with Crippen molar-refractivity contribution in [1.82, 2.24) is 0 Å². The monoisotopic (exact) mass is 1260 g/mol. The van der Waals surface area contributed by atoms with Crippen molar-refractivity contribution in [3.05, 3.63) is 261 Å². The minimum atomic E-state index is -4.83. The molecule has 1 heterocycles. The van der Waals surface area contributed by atoms with Crippen LogP contribution in [0.25, 0.3) is 68.8 Å². The molecule has 4 unspecified atom stereocenters. The maximum atomic E-state index is 3.22. The van der Waals surface area contributed by atoms with Crippen LogP contribution in [0.15, 0.2) is 216 Å². The molecule has 404 valence electrons. The predicted octanol–water partition coefficient (Wildman–Crippen LogP) is 19.7. The SMILES string of the molecule is C[SiH2][Zr]([CH3])([CH3])([CH]1C(C)=Cc2c(-c3ccccc3)cccc21)([CH]1C(C)=Cc2c(-c3ccccc3)cccc21)[SiH]1CC[SiH]([Zr]([CH3])([CH3])([SiH2]C)([CH]2C(C)=Cc3c(-c4ccccc4)cccc32)[CH]2C(C)=Cc3c(-c4ccccc4)cccc32)CC1. The van der Waals surface area contributed by atoms with Gasteiger partial charge in [0.05, 0.1) is 0 Å². The fourth-order valence-electron chi connectivity index (χ4n) is 21.6. The van der Waals surface area contributed by atoms with E-state index in [0.717, 1.165) is 0 Å². The summed E-state index contributed by atoms with van der Waals surface area (Å²) in [5.41, 5.74) is 30.8. The van der Waals surface area contributed by atoms with Crippen LogP contribution in [-0.4, -0.2) is 25.1 Å². The third-order valence-corrected chi connectivity index (χ3v) is 218. The van der Waals surface area contributed by atoms with Gasteiger partial charge < -0.3 is 0 Å². The van der Waals surface area contributed by atoms with Crippen LogP contribution in [0.1, 0.15) is 86.7 Å². The van der Waals surface area contributed by atoms with Gasteiger partial charge in [-0.25, -0.2) is 0 Å². The molecule has 0 bridgehead atoms. The van der Waals surface area contributed by atoms with Crippen molar-refractivity contribution in [2.24, 2.45) is 0 Å². The van der Waals surface area contributed by atoms with E-state index < -0.39 is 56.4 Å². The van der Waals surface area contributed by atoms with Crippen molar-refractivity contribution in [1.29, 1.82) is 0 Å². The molecule has 0 nitrogen and oxygen atoms in total. The normalized spacial score (nSPS) is 23.3. The third kappa shape index (κ3) is 7.43. The molecule has 8 aromatic rings. The number of rotatable bonds is 12. The summed E-state index contributed by atoms with van der Waals surface area (Å²) in [5, 5.41) is 0. The van der Waals surface area contributed by atoms with Crippen LogP contribution in [0.5, 0.6) is 0 Å². The van der Waals surface area contributed by atoms with E-state index in [4.69, 9.17) is 0 Å². The van der Waals surface area contributed by atoms with Gasteiger partial charge in [0, 0.05) is 0 Å². The minimum absolute atomic E-state index is 0.534. The first-order valence-electron chi connectivity index (χ1n) is 30.7. The Balaban J connectivity index is 1.02. The standard InChI is InChI=1S/4C16H13.C4H10Si2.2CH5Si.4CH3.2Zr/c4*1-12-10-14-8-5-9-15(16(14)11-12)13-6-3-2-4-7-13;1-2-6-4-3-5-1;2*1-2;;;;;;/h4*2-11H,1H3;5-6H,1-4H2;2*2H2,1H3;4*1H3;;. The number of benzene rings is 8. The first kappa shape index (κ1) is 54.6. The molecule has 8 aromatic carbocycles. The van der Waals surface area contributed by atoms with Crippen molar-refractivity contribution < 1.29 is 31.2 Å². The molecule has 0 aromatic heterocycles. The fourth-order valence-corrected chi connectivity index (χ4v) is 212. The summed E-state index contributed by atoms with van der Waals surface area (Å²) < 4.78 is 15.0. The molecule has 0 amide bonds. The van der Waals surface area contributed by atoms with Gasteiger partial charge in [-0.15, -0.1) is 0 Å². The van der Waals surface area contributed by atoms with Crippen molar-refractivity contribution in [2.75, 3.05) is 0 Å². The molecular formula is C74H84Si4Zr2. The molecule has 6 heteroatoms. The van der Waals surface area contributed by atoms with Crippen molar-refractivity contribution in [3.63, 3.8) is 0 Å². The Morgan fingerprint density at radius 1 is 0.300 bits per heavy atom. The molecular weight excluding hydrogens is 1180 g/mol. The van der Waals surface area contributed by atoms with Gasteiger partial charge in [0.1, 0.15) is 0 Å². The Morgan fingerprint density at radius 2 is 0.512 bits per heavy atom. The molecule has 4 aliphatic carbocycles. The van der Waals surface area contributed by atoms with E-state index in [2.05, 4.69) is 278 Å². The number of hydrogen-bond acceptors (Lipinski definition) is 0. The second-order valence-electron chi connectivity index (χ2n) is 29.3. The molecule has 4 atom stereocenters. The van der Waals surface area contributed by atoms with Crippen LogP contribution >= 0.6 is 0 Å². The molecule has 0 spiro atoms. The second kappa shape index (κ2) is 18.9. The average molecular weight is 1270 g/mol. The Bertz CT molecular complexity index is 3480. The number of allylic oxidation sites excluding steroid dienone is 4. The topological polar surface area (TPSA) is 0 Å². The van der Waals surface area contributed by atoms with E-state index in [1.54, 1.807) is 68.7 Å². The second-order valence-corrected chi connectivity index (χ2v) is 171. The summed E-state index contributed by atoms with van der Waals surface area (Å²) in [5.74, 6) is -3.13. The summed E-state index contributed by atoms with van der Waals surface area (Å²) in [6, 6.07) is 81.8. The molecule has 0 saturated carbocycles. The Kier molecular flexibility index (Phi) is 12.9. The summed E-state index contributed by atoms with van der Waals surface area (Å²) in [4.78, 5) is 0. The summed E-state index contributed by atoms with van der Waals surface area (Å²) in [7, 11) is 0. The van der Waals surface area contributed by atoms with Crippen LogP contribution in [-0.2, 0) is 31.2 Å². The third-order valence-electron chi connectivity index (χ3n) is 25.4. The van der Waals surface area contributed by atoms with E-state index in [1.165, 1.54) is 66.8 Å². The van der Waals surface area contributed by atoms with Crippen molar-refractivity contribution >= 4 is 49.4 Å². The first-order chi connectivity index (χ1) is 38.4. The molecule has 1 fully saturated rings. The van der Waals surface area contributed by atoms with E-state index in [1.807, 2.05) is 0 Å². The molecule has 13 rings (SSSR count). The summed E-state index contributed by atoms with van der Waals surface area (Å²) in [6.07, 6.45) is 10.9. The maximum absolute atomic E-state index is 4.83. The molecule has 1 aliphatic heterocycles. The van der Waals surface area contributed by atoms with Gasteiger partial charge in [0.2, 0.25) is 0 Å². The van der Waals surface area contributed by atoms with Gasteiger partial charge in [-0.1, -0.05) is 0 Å². The average Bonchev–Trinajstić information content (AvgIpc) is 2.91. The summed E-state index contributed by atoms with van der Waals surface area (Å²) in [6.45, 7) is 15.0. The molecule has 0 radical (unpaired) electrons. The van der Waals surface area contributed by atoms with E-state index in [-0.39, 0.29) is 0 Å². The van der Waals surface area contributed by atoms with Gasteiger partial charge >= 0.3 is 484 Å². The molecule has 0 N–H and O–H groups in total. The van der Waals surface area contributed by atoms with E-state index in [9.17, 15) is 0 Å². The molecule has 80 heavy (non-hydrogen) atoms. The number of hydrogen-bond donors (Lipinski definition) is 0. The zero-order valence-corrected chi connectivity index (χ0v) is 59.5. The Labute approximate surface area is 479 Å².